The maximum atomic E-state index is 12.8. The minimum atomic E-state index is -0.0118. The van der Waals surface area contributed by atoms with Crippen molar-refractivity contribution in [2.24, 2.45) is 5.92 Å². The molecule has 1 N–H and O–H groups in total. The second-order valence-electron chi connectivity index (χ2n) is 6.87. The molecule has 0 aliphatic carbocycles. The van der Waals surface area contributed by atoms with Crippen molar-refractivity contribution in [3.63, 3.8) is 0 Å². The molecular weight excluding hydrogens is 378 g/mol. The first-order chi connectivity index (χ1) is 13.2. The Bertz CT molecular complexity index is 954. The number of piperidine rings is 1. The van der Waals surface area contributed by atoms with Crippen molar-refractivity contribution in [2.75, 3.05) is 13.1 Å². The molecule has 0 radical (unpaired) electrons. The Morgan fingerprint density at radius 1 is 1.22 bits per heavy atom. The Labute approximate surface area is 165 Å². The number of pyridine rings is 1. The van der Waals surface area contributed by atoms with Gasteiger partial charge in [-0.25, -0.2) is 4.98 Å². The average molecular weight is 400 g/mol. The van der Waals surface area contributed by atoms with Crippen LogP contribution in [0.5, 0.6) is 0 Å². The number of hydrogen-bond donors (Lipinski definition) is 1. The quantitative estimate of drug-likeness (QED) is 0.635. The van der Waals surface area contributed by atoms with Crippen molar-refractivity contribution in [3.05, 3.63) is 62.1 Å². The number of likely N-dealkylation sites (tertiary alicyclic amines) is 1. The first-order valence-electron chi connectivity index (χ1n) is 9.10. The van der Waals surface area contributed by atoms with Crippen LogP contribution in [0.4, 0.5) is 0 Å². The molecule has 3 aromatic heterocycles. The molecule has 1 aliphatic heterocycles. The summed E-state index contributed by atoms with van der Waals surface area (Å²) in [7, 11) is 0. The smallest absolute Gasteiger partial charge is 0.252 e. The van der Waals surface area contributed by atoms with Gasteiger partial charge < -0.3 is 4.98 Å². The number of hydrogen-bond acceptors (Lipinski definition) is 6. The van der Waals surface area contributed by atoms with Crippen LogP contribution in [-0.4, -0.2) is 33.7 Å². The van der Waals surface area contributed by atoms with Crippen LogP contribution < -0.4 is 5.56 Å². The van der Waals surface area contributed by atoms with Gasteiger partial charge in [-0.1, -0.05) is 6.07 Å². The van der Waals surface area contributed by atoms with E-state index in [1.807, 2.05) is 29.0 Å². The van der Waals surface area contributed by atoms with Crippen molar-refractivity contribution in [2.45, 2.75) is 25.8 Å². The van der Waals surface area contributed by atoms with Gasteiger partial charge in [0, 0.05) is 41.9 Å². The summed E-state index contributed by atoms with van der Waals surface area (Å²) < 4.78 is 0. The second kappa shape index (κ2) is 8.29. The summed E-state index contributed by atoms with van der Waals surface area (Å²) in [6.45, 7) is 2.53. The number of thiazole rings is 1. The van der Waals surface area contributed by atoms with Crippen molar-refractivity contribution < 1.29 is 4.79 Å². The lowest BCUT2D eigenvalue weighted by atomic mass is 9.90. The van der Waals surface area contributed by atoms with Gasteiger partial charge in [0.1, 0.15) is 5.01 Å². The standard InChI is InChI=1S/C20H21N3O2S2/c24-17(18-16(5-10-26-18)20-22-7-11-27-20)12-14-3-8-23(9-4-14)13-15-2-1-6-21-19(15)25/h1-2,5-7,10-11,14H,3-4,8-9,12-13H2,(H,21,25). The van der Waals surface area contributed by atoms with Gasteiger partial charge in [0.05, 0.1) is 4.88 Å². The van der Waals surface area contributed by atoms with E-state index in [-0.39, 0.29) is 11.3 Å². The monoisotopic (exact) mass is 399 g/mol. The van der Waals surface area contributed by atoms with Crippen LogP contribution in [0.15, 0.2) is 46.1 Å². The van der Waals surface area contributed by atoms with Crippen LogP contribution in [0.25, 0.3) is 10.6 Å². The molecule has 5 nitrogen and oxygen atoms in total. The van der Waals surface area contributed by atoms with E-state index in [1.54, 1.807) is 23.7 Å². The molecule has 0 bridgehead atoms. The topological polar surface area (TPSA) is 66.1 Å². The second-order valence-corrected chi connectivity index (χ2v) is 8.68. The Balaban J connectivity index is 1.33. The number of nitrogens with one attached hydrogen (secondary N) is 1. The first-order valence-corrected chi connectivity index (χ1v) is 10.9. The number of Topliss-reactive ketones (excluding diaryl/α,β-unsaturated/α-hetero) is 1. The highest BCUT2D eigenvalue weighted by Crippen LogP contribution is 2.32. The minimum absolute atomic E-state index is 0.0118. The Hall–Kier alpha value is -2.09. The summed E-state index contributed by atoms with van der Waals surface area (Å²) in [5.74, 6) is 0.641. The number of ketones is 1. The summed E-state index contributed by atoms with van der Waals surface area (Å²) in [5.41, 5.74) is 1.77. The van der Waals surface area contributed by atoms with Gasteiger partial charge in [-0.2, -0.15) is 0 Å². The molecule has 3 aromatic rings. The van der Waals surface area contributed by atoms with Gasteiger partial charge in [0.25, 0.3) is 5.56 Å². The van der Waals surface area contributed by atoms with Crippen molar-refractivity contribution in [3.8, 4) is 10.6 Å². The molecule has 7 heteroatoms. The third kappa shape index (κ3) is 4.26. The van der Waals surface area contributed by atoms with E-state index < -0.39 is 0 Å². The SMILES string of the molecule is O=C(CC1CCN(Cc2ccc[nH]c2=O)CC1)c1sccc1-c1nccs1. The predicted octanol–water partition coefficient (Wildman–Crippen LogP) is 4.04. The van der Waals surface area contributed by atoms with Crippen LogP contribution in [0.1, 0.15) is 34.5 Å². The number of H-pyrrole nitrogens is 1. The summed E-state index contributed by atoms with van der Waals surface area (Å²) in [6, 6.07) is 5.74. The van der Waals surface area contributed by atoms with Crippen LogP contribution in [0.2, 0.25) is 0 Å². The van der Waals surface area contributed by atoms with Gasteiger partial charge >= 0.3 is 0 Å². The number of carbonyl (C=O) groups excluding carboxylic acids is 1. The number of aromatic nitrogens is 2. The summed E-state index contributed by atoms with van der Waals surface area (Å²) in [5, 5.41) is 4.83. The molecule has 1 fully saturated rings. The molecule has 27 heavy (non-hydrogen) atoms. The fraction of sp³-hybridized carbons (Fsp3) is 0.350. The maximum Gasteiger partial charge on any atom is 0.252 e. The Morgan fingerprint density at radius 3 is 2.81 bits per heavy atom. The molecule has 0 aromatic carbocycles. The van der Waals surface area contributed by atoms with E-state index in [9.17, 15) is 9.59 Å². The van der Waals surface area contributed by atoms with Gasteiger partial charge in [-0.05, 0) is 49.4 Å². The molecular formula is C20H21N3O2S2. The molecule has 0 amide bonds. The number of nitrogens with zero attached hydrogens (tertiary/aromatic N) is 2. The number of aromatic amines is 1. The number of thiophene rings is 1. The van der Waals surface area contributed by atoms with Gasteiger partial charge in [0.2, 0.25) is 0 Å². The lowest BCUT2D eigenvalue weighted by molar-refractivity contribution is 0.0929. The van der Waals surface area contributed by atoms with E-state index in [1.165, 1.54) is 11.3 Å². The van der Waals surface area contributed by atoms with E-state index in [0.29, 0.717) is 18.9 Å². The van der Waals surface area contributed by atoms with Crippen molar-refractivity contribution in [1.29, 1.82) is 0 Å². The molecule has 0 spiro atoms. The molecule has 140 valence electrons. The first kappa shape index (κ1) is 18.3. The van der Waals surface area contributed by atoms with Gasteiger partial charge in [0.15, 0.2) is 5.78 Å². The zero-order valence-electron chi connectivity index (χ0n) is 14.9. The molecule has 4 rings (SSSR count). The van der Waals surface area contributed by atoms with Crippen molar-refractivity contribution >= 4 is 28.5 Å². The number of carbonyl (C=O) groups is 1. The predicted molar refractivity (Wildman–Crippen MR) is 109 cm³/mol. The van der Waals surface area contributed by atoms with Gasteiger partial charge in [-0.15, -0.1) is 22.7 Å². The molecule has 1 aliphatic rings. The zero-order valence-corrected chi connectivity index (χ0v) is 16.5. The maximum absolute atomic E-state index is 12.8. The Kier molecular flexibility index (Phi) is 5.61. The van der Waals surface area contributed by atoms with Crippen LogP contribution in [-0.2, 0) is 6.54 Å². The largest absolute Gasteiger partial charge is 0.329 e. The van der Waals surface area contributed by atoms with E-state index in [0.717, 1.165) is 46.9 Å². The van der Waals surface area contributed by atoms with E-state index in [2.05, 4.69) is 14.9 Å². The summed E-state index contributed by atoms with van der Waals surface area (Å²) in [4.78, 5) is 34.9. The summed E-state index contributed by atoms with van der Waals surface area (Å²) in [6.07, 6.45) is 6.02. The van der Waals surface area contributed by atoms with Crippen LogP contribution >= 0.6 is 22.7 Å². The van der Waals surface area contributed by atoms with Crippen LogP contribution in [0, 0.1) is 5.92 Å². The lowest BCUT2D eigenvalue weighted by Gasteiger charge is -2.31. The fourth-order valence-electron chi connectivity index (χ4n) is 3.58. The zero-order chi connectivity index (χ0) is 18.6. The molecule has 0 unspecified atom stereocenters. The number of rotatable bonds is 6. The normalized spacial score (nSPS) is 15.9. The van der Waals surface area contributed by atoms with Crippen molar-refractivity contribution in [1.82, 2.24) is 14.9 Å². The molecule has 1 saturated heterocycles. The van der Waals surface area contributed by atoms with E-state index in [4.69, 9.17) is 0 Å². The van der Waals surface area contributed by atoms with E-state index >= 15 is 0 Å². The molecule has 0 saturated carbocycles. The molecule has 0 atom stereocenters. The third-order valence-electron chi connectivity index (χ3n) is 5.06. The summed E-state index contributed by atoms with van der Waals surface area (Å²) >= 11 is 3.09. The van der Waals surface area contributed by atoms with Crippen LogP contribution in [0.3, 0.4) is 0 Å². The molecule has 4 heterocycles. The highest BCUT2D eigenvalue weighted by Gasteiger charge is 2.24. The fourth-order valence-corrected chi connectivity index (χ4v) is 5.16. The highest BCUT2D eigenvalue weighted by molar-refractivity contribution is 7.15. The minimum Gasteiger partial charge on any atom is -0.329 e. The third-order valence-corrected chi connectivity index (χ3v) is 6.82. The average Bonchev–Trinajstić information content (AvgIpc) is 3.36. The highest BCUT2D eigenvalue weighted by atomic mass is 32.1. The Morgan fingerprint density at radius 2 is 2.07 bits per heavy atom. The lowest BCUT2D eigenvalue weighted by Crippen LogP contribution is -2.35. The van der Waals surface area contributed by atoms with Gasteiger partial charge in [-0.3, -0.25) is 14.5 Å².